The summed E-state index contributed by atoms with van der Waals surface area (Å²) in [6, 6.07) is 13.4. The summed E-state index contributed by atoms with van der Waals surface area (Å²) in [5.41, 5.74) is 3.63. The number of fused-ring (bicyclic) bond motifs is 1. The van der Waals surface area contributed by atoms with Crippen LogP contribution in [-0.2, 0) is 6.54 Å². The lowest BCUT2D eigenvalue weighted by atomic mass is 9.98. The standard InChI is InChI=1S/C22H24N2O2/c1-5-24-13-18(21(25)17-10-6-7-12-19(17)24)22(26)23-20-15(4)9-8-11-16(20)14(2)3/h6-14H,5H2,1-4H3,(H,23,26). The number of carbonyl (C=O) groups excluding carboxylic acids is 1. The van der Waals surface area contributed by atoms with Crippen LogP contribution in [0.2, 0.25) is 0 Å². The number of carbonyl (C=O) groups is 1. The van der Waals surface area contributed by atoms with Gasteiger partial charge in [0.25, 0.3) is 5.91 Å². The molecule has 4 heteroatoms. The number of benzene rings is 2. The first kappa shape index (κ1) is 17.9. The number of anilines is 1. The Morgan fingerprint density at radius 1 is 1.12 bits per heavy atom. The molecule has 0 fully saturated rings. The van der Waals surface area contributed by atoms with Gasteiger partial charge >= 0.3 is 0 Å². The quantitative estimate of drug-likeness (QED) is 0.742. The van der Waals surface area contributed by atoms with Gasteiger partial charge in [0.2, 0.25) is 5.43 Å². The number of hydrogen-bond donors (Lipinski definition) is 1. The zero-order valence-electron chi connectivity index (χ0n) is 15.7. The monoisotopic (exact) mass is 348 g/mol. The van der Waals surface area contributed by atoms with Crippen molar-refractivity contribution in [1.29, 1.82) is 0 Å². The SMILES string of the molecule is CCn1cc(C(=O)Nc2c(C)cccc2C(C)C)c(=O)c2ccccc21. The van der Waals surface area contributed by atoms with Crippen LogP contribution in [0, 0.1) is 6.92 Å². The third-order valence-electron chi connectivity index (χ3n) is 4.74. The van der Waals surface area contributed by atoms with Gasteiger partial charge < -0.3 is 9.88 Å². The van der Waals surface area contributed by atoms with Gasteiger partial charge in [-0.3, -0.25) is 9.59 Å². The Morgan fingerprint density at radius 2 is 1.85 bits per heavy atom. The number of amides is 1. The van der Waals surface area contributed by atoms with Crippen molar-refractivity contribution in [3.05, 3.63) is 75.6 Å². The number of rotatable bonds is 4. The average molecular weight is 348 g/mol. The van der Waals surface area contributed by atoms with E-state index in [0.29, 0.717) is 11.9 Å². The summed E-state index contributed by atoms with van der Waals surface area (Å²) in [4.78, 5) is 25.8. The van der Waals surface area contributed by atoms with Gasteiger partial charge in [0.15, 0.2) is 0 Å². The van der Waals surface area contributed by atoms with Gasteiger partial charge in [-0.25, -0.2) is 0 Å². The Morgan fingerprint density at radius 3 is 2.54 bits per heavy atom. The molecule has 26 heavy (non-hydrogen) atoms. The van der Waals surface area contributed by atoms with Gasteiger partial charge in [0.1, 0.15) is 5.56 Å². The van der Waals surface area contributed by atoms with E-state index in [4.69, 9.17) is 0 Å². The number of aryl methyl sites for hydroxylation is 2. The summed E-state index contributed by atoms with van der Waals surface area (Å²) in [6.45, 7) is 8.82. The molecule has 0 atom stereocenters. The molecule has 0 saturated carbocycles. The van der Waals surface area contributed by atoms with Crippen LogP contribution in [-0.4, -0.2) is 10.5 Å². The van der Waals surface area contributed by atoms with Crippen LogP contribution in [0.3, 0.4) is 0 Å². The predicted molar refractivity (Wildman–Crippen MR) is 107 cm³/mol. The first-order chi connectivity index (χ1) is 12.4. The third-order valence-corrected chi connectivity index (χ3v) is 4.74. The molecule has 4 nitrogen and oxygen atoms in total. The van der Waals surface area contributed by atoms with E-state index in [0.717, 1.165) is 22.3 Å². The normalized spacial score (nSPS) is 11.1. The molecule has 3 rings (SSSR count). The second-order valence-corrected chi connectivity index (χ2v) is 6.82. The molecule has 0 aliphatic rings. The van der Waals surface area contributed by atoms with E-state index in [-0.39, 0.29) is 22.8 Å². The number of hydrogen-bond acceptors (Lipinski definition) is 2. The van der Waals surface area contributed by atoms with Crippen molar-refractivity contribution in [2.75, 3.05) is 5.32 Å². The molecule has 2 aromatic carbocycles. The van der Waals surface area contributed by atoms with Gasteiger partial charge in [-0.2, -0.15) is 0 Å². The lowest BCUT2D eigenvalue weighted by molar-refractivity contribution is 0.102. The number of nitrogens with one attached hydrogen (secondary N) is 1. The van der Waals surface area contributed by atoms with E-state index in [2.05, 4.69) is 19.2 Å². The van der Waals surface area contributed by atoms with Gasteiger partial charge in [0.05, 0.1) is 5.52 Å². The number of aromatic nitrogens is 1. The van der Waals surface area contributed by atoms with E-state index in [1.807, 2.05) is 54.8 Å². The molecular formula is C22H24N2O2. The van der Waals surface area contributed by atoms with Gasteiger partial charge in [-0.15, -0.1) is 0 Å². The van der Waals surface area contributed by atoms with Crippen molar-refractivity contribution in [3.8, 4) is 0 Å². The topological polar surface area (TPSA) is 51.1 Å². The highest BCUT2D eigenvalue weighted by molar-refractivity contribution is 6.06. The lowest BCUT2D eigenvalue weighted by Crippen LogP contribution is -2.24. The number of nitrogens with zero attached hydrogens (tertiary/aromatic N) is 1. The van der Waals surface area contributed by atoms with Crippen LogP contribution >= 0.6 is 0 Å². The second-order valence-electron chi connectivity index (χ2n) is 6.82. The van der Waals surface area contributed by atoms with Crippen LogP contribution in [0.5, 0.6) is 0 Å². The van der Waals surface area contributed by atoms with Gasteiger partial charge in [-0.05, 0) is 43.0 Å². The molecule has 3 aromatic rings. The molecule has 0 spiro atoms. The minimum Gasteiger partial charge on any atom is -0.347 e. The predicted octanol–water partition coefficient (Wildman–Crippen LogP) is 4.71. The zero-order valence-corrected chi connectivity index (χ0v) is 15.7. The summed E-state index contributed by atoms with van der Waals surface area (Å²) >= 11 is 0. The van der Waals surface area contributed by atoms with Crippen molar-refractivity contribution in [3.63, 3.8) is 0 Å². The minimum atomic E-state index is -0.362. The minimum absolute atomic E-state index is 0.170. The van der Waals surface area contributed by atoms with E-state index in [1.165, 1.54) is 0 Å². The molecule has 1 heterocycles. The fourth-order valence-electron chi connectivity index (χ4n) is 3.29. The maximum Gasteiger partial charge on any atom is 0.261 e. The molecule has 1 aromatic heterocycles. The van der Waals surface area contributed by atoms with E-state index in [1.54, 1.807) is 12.3 Å². The summed E-state index contributed by atoms with van der Waals surface area (Å²) in [5.74, 6) is -0.0896. The Bertz CT molecular complexity index is 1030. The highest BCUT2D eigenvalue weighted by Crippen LogP contribution is 2.27. The molecular weight excluding hydrogens is 324 g/mol. The average Bonchev–Trinajstić information content (AvgIpc) is 2.63. The molecule has 0 aliphatic heterocycles. The number of para-hydroxylation sites is 2. The Balaban J connectivity index is 2.10. The van der Waals surface area contributed by atoms with Gasteiger partial charge in [-0.1, -0.05) is 44.2 Å². The highest BCUT2D eigenvalue weighted by Gasteiger charge is 2.18. The molecule has 0 radical (unpaired) electrons. The number of pyridine rings is 1. The molecule has 0 saturated heterocycles. The van der Waals surface area contributed by atoms with E-state index >= 15 is 0 Å². The second kappa shape index (κ2) is 7.16. The van der Waals surface area contributed by atoms with Crippen molar-refractivity contribution >= 4 is 22.5 Å². The maximum atomic E-state index is 12.9. The van der Waals surface area contributed by atoms with Crippen LogP contribution in [0.4, 0.5) is 5.69 Å². The van der Waals surface area contributed by atoms with Crippen molar-refractivity contribution in [1.82, 2.24) is 4.57 Å². The van der Waals surface area contributed by atoms with E-state index < -0.39 is 0 Å². The lowest BCUT2D eigenvalue weighted by Gasteiger charge is -2.17. The Hall–Kier alpha value is -2.88. The maximum absolute atomic E-state index is 12.9. The molecule has 0 aliphatic carbocycles. The third kappa shape index (κ3) is 3.15. The molecule has 0 unspecified atom stereocenters. The highest BCUT2D eigenvalue weighted by atomic mass is 16.2. The molecule has 134 valence electrons. The van der Waals surface area contributed by atoms with Crippen molar-refractivity contribution < 1.29 is 4.79 Å². The largest absolute Gasteiger partial charge is 0.347 e. The smallest absolute Gasteiger partial charge is 0.261 e. The first-order valence-corrected chi connectivity index (χ1v) is 8.97. The van der Waals surface area contributed by atoms with Crippen LogP contribution < -0.4 is 10.7 Å². The molecule has 0 bridgehead atoms. The van der Waals surface area contributed by atoms with Crippen LogP contribution in [0.25, 0.3) is 10.9 Å². The summed E-state index contributed by atoms with van der Waals surface area (Å²) in [5, 5.41) is 3.55. The Kier molecular flexibility index (Phi) is 4.94. The van der Waals surface area contributed by atoms with Gasteiger partial charge in [0, 0.05) is 23.8 Å². The van der Waals surface area contributed by atoms with E-state index in [9.17, 15) is 9.59 Å². The zero-order chi connectivity index (χ0) is 18.8. The fraction of sp³-hybridized carbons (Fsp3) is 0.273. The van der Waals surface area contributed by atoms with Crippen LogP contribution in [0.1, 0.15) is 48.2 Å². The van der Waals surface area contributed by atoms with Crippen molar-refractivity contribution in [2.45, 2.75) is 40.2 Å². The summed E-state index contributed by atoms with van der Waals surface area (Å²) < 4.78 is 1.94. The van der Waals surface area contributed by atoms with Crippen LogP contribution in [0.15, 0.2) is 53.5 Å². The summed E-state index contributed by atoms with van der Waals surface area (Å²) in [7, 11) is 0. The molecule has 1 N–H and O–H groups in total. The molecule has 1 amide bonds. The fourth-order valence-corrected chi connectivity index (χ4v) is 3.29. The van der Waals surface area contributed by atoms with Crippen molar-refractivity contribution in [2.24, 2.45) is 0 Å². The summed E-state index contributed by atoms with van der Waals surface area (Å²) in [6.07, 6.45) is 1.66. The first-order valence-electron chi connectivity index (χ1n) is 8.97. The Labute approximate surface area is 153 Å².